The Hall–Kier alpha value is -1.34. The zero-order chi connectivity index (χ0) is 14.0. The van der Waals surface area contributed by atoms with Crippen LogP contribution in [0.25, 0.3) is 0 Å². The first-order valence-corrected chi connectivity index (χ1v) is 6.01. The second-order valence-electron chi connectivity index (χ2n) is 3.99. The van der Waals surface area contributed by atoms with E-state index in [4.69, 9.17) is 15.3 Å². The monoisotopic (exact) mass is 262 g/mol. The highest BCUT2D eigenvalue weighted by molar-refractivity contribution is 5.74. The van der Waals surface area contributed by atoms with Gasteiger partial charge in [-0.2, -0.15) is 0 Å². The minimum atomic E-state index is -0.890. The second kappa shape index (κ2) is 9.67. The molecule has 0 spiro atoms. The molecule has 106 valence electrons. The topological polar surface area (TPSA) is 110 Å². The fraction of sp³-hybridized carbons (Fsp3) is 0.818. The lowest BCUT2D eigenvalue weighted by molar-refractivity contribution is -0.138. The molecule has 0 fully saturated rings. The third-order valence-electron chi connectivity index (χ3n) is 2.61. The minimum absolute atomic E-state index is 0.0107. The van der Waals surface area contributed by atoms with Gasteiger partial charge in [0.1, 0.15) is 0 Å². The maximum absolute atomic E-state index is 11.7. The van der Waals surface area contributed by atoms with Gasteiger partial charge in [0.2, 0.25) is 0 Å². The predicted octanol–water partition coefficient (Wildman–Crippen LogP) is -0.516. The van der Waals surface area contributed by atoms with E-state index < -0.39 is 12.0 Å². The van der Waals surface area contributed by atoms with Crippen LogP contribution in [0.3, 0.4) is 0 Å². The molecule has 0 aromatic carbocycles. The first-order valence-electron chi connectivity index (χ1n) is 6.01. The molecule has 0 bridgehead atoms. The van der Waals surface area contributed by atoms with Crippen molar-refractivity contribution in [2.75, 3.05) is 32.8 Å². The van der Waals surface area contributed by atoms with E-state index in [1.807, 2.05) is 6.92 Å². The summed E-state index contributed by atoms with van der Waals surface area (Å²) < 4.78 is 0. The summed E-state index contributed by atoms with van der Waals surface area (Å²) in [5.41, 5.74) is 0. The number of amides is 2. The van der Waals surface area contributed by atoms with Gasteiger partial charge in [-0.3, -0.25) is 4.79 Å². The van der Waals surface area contributed by atoms with Crippen molar-refractivity contribution in [2.45, 2.75) is 19.8 Å². The SMILES string of the molecule is CCC(CNC(=O)N(CCO)CCO)CC(=O)O. The fourth-order valence-corrected chi connectivity index (χ4v) is 1.51. The third kappa shape index (κ3) is 7.08. The van der Waals surface area contributed by atoms with Crippen LogP contribution in [0.2, 0.25) is 0 Å². The quantitative estimate of drug-likeness (QED) is 0.447. The maximum atomic E-state index is 11.7. The van der Waals surface area contributed by atoms with Gasteiger partial charge in [0.15, 0.2) is 0 Å². The number of carboxylic acid groups (broad SMARTS) is 1. The zero-order valence-electron chi connectivity index (χ0n) is 10.6. The highest BCUT2D eigenvalue weighted by atomic mass is 16.4. The molecule has 1 atom stereocenters. The Kier molecular flexibility index (Phi) is 8.95. The summed E-state index contributed by atoms with van der Waals surface area (Å²) in [6.45, 7) is 2.05. The number of nitrogens with one attached hydrogen (secondary N) is 1. The van der Waals surface area contributed by atoms with Gasteiger partial charge in [0, 0.05) is 26.1 Å². The molecule has 0 saturated carbocycles. The number of carbonyl (C=O) groups is 2. The number of aliphatic hydroxyl groups is 2. The molecule has 2 amide bonds. The van der Waals surface area contributed by atoms with E-state index in [0.29, 0.717) is 6.42 Å². The lowest BCUT2D eigenvalue weighted by atomic mass is 10.0. The average Bonchev–Trinajstić information content (AvgIpc) is 2.33. The number of nitrogens with zero attached hydrogens (tertiary/aromatic N) is 1. The molecule has 7 nitrogen and oxygen atoms in total. The molecule has 4 N–H and O–H groups in total. The minimum Gasteiger partial charge on any atom is -0.481 e. The van der Waals surface area contributed by atoms with Crippen LogP contribution in [-0.4, -0.2) is 65.1 Å². The Morgan fingerprint density at radius 3 is 2.17 bits per heavy atom. The molecule has 0 rings (SSSR count). The van der Waals surface area contributed by atoms with Gasteiger partial charge in [-0.1, -0.05) is 13.3 Å². The summed E-state index contributed by atoms with van der Waals surface area (Å²) in [4.78, 5) is 23.5. The van der Waals surface area contributed by atoms with Gasteiger partial charge in [-0.05, 0) is 5.92 Å². The van der Waals surface area contributed by atoms with Gasteiger partial charge in [-0.15, -0.1) is 0 Å². The molecule has 0 radical (unpaired) electrons. The van der Waals surface area contributed by atoms with Crippen LogP contribution in [-0.2, 0) is 4.79 Å². The van der Waals surface area contributed by atoms with Gasteiger partial charge < -0.3 is 25.5 Å². The van der Waals surface area contributed by atoms with Gasteiger partial charge in [0.25, 0.3) is 0 Å². The Balaban J connectivity index is 4.14. The number of carbonyl (C=O) groups excluding carboxylic acids is 1. The van der Waals surface area contributed by atoms with Crippen molar-refractivity contribution in [1.29, 1.82) is 0 Å². The van der Waals surface area contributed by atoms with Crippen LogP contribution in [0.4, 0.5) is 4.79 Å². The molecule has 0 saturated heterocycles. The zero-order valence-corrected chi connectivity index (χ0v) is 10.6. The first kappa shape index (κ1) is 16.7. The normalized spacial score (nSPS) is 11.9. The number of hydrogen-bond donors (Lipinski definition) is 4. The summed E-state index contributed by atoms with van der Waals surface area (Å²) in [6, 6.07) is -0.401. The first-order chi connectivity index (χ1) is 8.54. The number of aliphatic carboxylic acids is 1. The second-order valence-corrected chi connectivity index (χ2v) is 3.99. The molecular weight excluding hydrogens is 240 g/mol. The molecule has 0 aliphatic rings. The molecule has 0 aromatic rings. The van der Waals surface area contributed by atoms with E-state index in [1.54, 1.807) is 0 Å². The van der Waals surface area contributed by atoms with Crippen molar-refractivity contribution in [3.05, 3.63) is 0 Å². The van der Waals surface area contributed by atoms with Crippen LogP contribution >= 0.6 is 0 Å². The lowest BCUT2D eigenvalue weighted by Gasteiger charge is -2.22. The Morgan fingerprint density at radius 1 is 1.22 bits per heavy atom. The highest BCUT2D eigenvalue weighted by Gasteiger charge is 2.15. The lowest BCUT2D eigenvalue weighted by Crippen LogP contribution is -2.44. The van der Waals surface area contributed by atoms with Crippen molar-refractivity contribution in [2.24, 2.45) is 5.92 Å². The standard InChI is InChI=1S/C11H22N2O5/c1-2-9(7-10(16)17)8-12-11(18)13(3-5-14)4-6-15/h9,14-15H,2-8H2,1H3,(H,12,18)(H,16,17). The number of urea groups is 1. The van der Waals surface area contributed by atoms with E-state index in [9.17, 15) is 9.59 Å². The maximum Gasteiger partial charge on any atom is 0.317 e. The van der Waals surface area contributed by atoms with Crippen LogP contribution in [0, 0.1) is 5.92 Å². The average molecular weight is 262 g/mol. The van der Waals surface area contributed by atoms with Crippen LogP contribution in [0.1, 0.15) is 19.8 Å². The number of hydrogen-bond acceptors (Lipinski definition) is 4. The Morgan fingerprint density at radius 2 is 1.78 bits per heavy atom. The van der Waals surface area contributed by atoms with Crippen molar-refractivity contribution in [3.63, 3.8) is 0 Å². The highest BCUT2D eigenvalue weighted by Crippen LogP contribution is 2.06. The van der Waals surface area contributed by atoms with Crippen LogP contribution < -0.4 is 5.32 Å². The number of carboxylic acids is 1. The van der Waals surface area contributed by atoms with Crippen molar-refractivity contribution in [1.82, 2.24) is 10.2 Å². The van der Waals surface area contributed by atoms with Crippen LogP contribution in [0.5, 0.6) is 0 Å². The summed E-state index contributed by atoms with van der Waals surface area (Å²) in [6.07, 6.45) is 0.670. The molecule has 0 aliphatic carbocycles. The van der Waals surface area contributed by atoms with E-state index in [2.05, 4.69) is 5.32 Å². The third-order valence-corrected chi connectivity index (χ3v) is 2.61. The molecule has 0 heterocycles. The summed E-state index contributed by atoms with van der Waals surface area (Å²) in [5, 5.41) is 28.8. The molecule has 0 aliphatic heterocycles. The fourth-order valence-electron chi connectivity index (χ4n) is 1.51. The van der Waals surface area contributed by atoms with Crippen molar-refractivity contribution < 1.29 is 24.9 Å². The van der Waals surface area contributed by atoms with Gasteiger partial charge in [0.05, 0.1) is 13.2 Å². The number of rotatable bonds is 9. The molecular formula is C11H22N2O5. The largest absolute Gasteiger partial charge is 0.481 e. The molecule has 1 unspecified atom stereocenters. The summed E-state index contributed by atoms with van der Waals surface area (Å²) in [7, 11) is 0. The smallest absolute Gasteiger partial charge is 0.317 e. The van der Waals surface area contributed by atoms with E-state index in [0.717, 1.165) is 0 Å². The Bertz CT molecular complexity index is 254. The summed E-state index contributed by atoms with van der Waals surface area (Å²) in [5.74, 6) is -1.00. The Labute approximate surface area is 106 Å². The van der Waals surface area contributed by atoms with E-state index in [1.165, 1.54) is 4.90 Å². The van der Waals surface area contributed by atoms with Crippen molar-refractivity contribution in [3.8, 4) is 0 Å². The van der Waals surface area contributed by atoms with E-state index >= 15 is 0 Å². The van der Waals surface area contributed by atoms with Crippen molar-refractivity contribution >= 4 is 12.0 Å². The predicted molar refractivity (Wildman–Crippen MR) is 65.2 cm³/mol. The summed E-state index contributed by atoms with van der Waals surface area (Å²) >= 11 is 0. The molecule has 0 aromatic heterocycles. The van der Waals surface area contributed by atoms with Crippen LogP contribution in [0.15, 0.2) is 0 Å². The van der Waals surface area contributed by atoms with Gasteiger partial charge in [-0.25, -0.2) is 4.79 Å². The number of aliphatic hydroxyl groups excluding tert-OH is 2. The van der Waals surface area contributed by atoms with E-state index in [-0.39, 0.29) is 45.2 Å². The molecule has 7 heteroatoms. The van der Waals surface area contributed by atoms with Gasteiger partial charge >= 0.3 is 12.0 Å². The molecule has 18 heavy (non-hydrogen) atoms.